The Bertz CT molecular complexity index is 679. The van der Waals surface area contributed by atoms with Gasteiger partial charge in [-0.2, -0.15) is 0 Å². The van der Waals surface area contributed by atoms with E-state index in [0.717, 1.165) is 44.6 Å². The van der Waals surface area contributed by atoms with Crippen molar-refractivity contribution in [2.75, 3.05) is 44.2 Å². The van der Waals surface area contributed by atoms with E-state index < -0.39 is 0 Å². The highest BCUT2D eigenvalue weighted by molar-refractivity contribution is 5.94. The van der Waals surface area contributed by atoms with Crippen LogP contribution in [-0.4, -0.2) is 73.0 Å². The zero-order valence-electron chi connectivity index (χ0n) is 18.2. The predicted molar refractivity (Wildman–Crippen MR) is 117 cm³/mol. The van der Waals surface area contributed by atoms with Crippen LogP contribution >= 0.6 is 0 Å². The van der Waals surface area contributed by atoms with E-state index in [0.29, 0.717) is 19.1 Å². The lowest BCUT2D eigenvalue weighted by Gasteiger charge is -2.37. The summed E-state index contributed by atoms with van der Waals surface area (Å²) in [5.41, 5.74) is 1.92. The van der Waals surface area contributed by atoms with Crippen LogP contribution in [0.25, 0.3) is 0 Å². The van der Waals surface area contributed by atoms with E-state index in [4.69, 9.17) is 0 Å². The second-order valence-corrected chi connectivity index (χ2v) is 8.27. The monoisotopic (exact) mass is 400 g/mol. The number of benzene rings is 1. The summed E-state index contributed by atoms with van der Waals surface area (Å²) in [6, 6.07) is 8.28. The Morgan fingerprint density at radius 1 is 1.10 bits per heavy atom. The van der Waals surface area contributed by atoms with Crippen LogP contribution < -0.4 is 10.2 Å². The molecule has 160 valence electrons. The number of piperazine rings is 1. The molecule has 2 aliphatic rings. The highest BCUT2D eigenvalue weighted by Gasteiger charge is 2.31. The molecule has 1 aliphatic heterocycles. The fourth-order valence-electron chi connectivity index (χ4n) is 3.84. The van der Waals surface area contributed by atoms with Gasteiger partial charge in [0.05, 0.1) is 6.04 Å². The minimum Gasteiger partial charge on any atom is -0.372 e. The number of carbonyl (C=O) groups excluding carboxylic acids is 2. The fourth-order valence-corrected chi connectivity index (χ4v) is 3.84. The molecule has 1 aromatic carbocycles. The summed E-state index contributed by atoms with van der Waals surface area (Å²) in [4.78, 5) is 31.6. The number of nitrogens with one attached hydrogen (secondary N) is 1. The van der Waals surface area contributed by atoms with Gasteiger partial charge in [-0.1, -0.05) is 13.3 Å². The van der Waals surface area contributed by atoms with Crippen LogP contribution in [0.1, 0.15) is 56.8 Å². The maximum atomic E-state index is 12.9. The number of unbranched alkanes of at least 4 members (excludes halogenated alkanes) is 1. The van der Waals surface area contributed by atoms with E-state index in [1.807, 2.05) is 24.0 Å². The Morgan fingerprint density at radius 3 is 2.31 bits per heavy atom. The Balaban J connectivity index is 1.51. The van der Waals surface area contributed by atoms with E-state index in [9.17, 15) is 9.59 Å². The lowest BCUT2D eigenvalue weighted by Crippen LogP contribution is -2.55. The average Bonchev–Trinajstić information content (AvgIpc) is 3.58. The molecule has 0 bridgehead atoms. The Kier molecular flexibility index (Phi) is 7.53. The minimum absolute atomic E-state index is 0.0860. The predicted octanol–water partition coefficient (Wildman–Crippen LogP) is 2.74. The molecule has 0 aromatic heterocycles. The van der Waals surface area contributed by atoms with Gasteiger partial charge in [0.15, 0.2) is 0 Å². The molecule has 1 aromatic rings. The maximum absolute atomic E-state index is 12.9. The van der Waals surface area contributed by atoms with Gasteiger partial charge in [0.1, 0.15) is 0 Å². The second-order valence-electron chi connectivity index (χ2n) is 8.27. The first-order valence-corrected chi connectivity index (χ1v) is 11.2. The summed E-state index contributed by atoms with van der Waals surface area (Å²) >= 11 is 0. The van der Waals surface area contributed by atoms with Crippen molar-refractivity contribution in [1.29, 1.82) is 0 Å². The van der Waals surface area contributed by atoms with Crippen LogP contribution in [-0.2, 0) is 4.79 Å². The van der Waals surface area contributed by atoms with Gasteiger partial charge in [0.25, 0.3) is 5.91 Å². The van der Waals surface area contributed by atoms with Gasteiger partial charge >= 0.3 is 0 Å². The van der Waals surface area contributed by atoms with Crippen molar-refractivity contribution in [1.82, 2.24) is 15.1 Å². The van der Waals surface area contributed by atoms with Crippen LogP contribution in [0.2, 0.25) is 0 Å². The molecule has 29 heavy (non-hydrogen) atoms. The summed E-state index contributed by atoms with van der Waals surface area (Å²) in [7, 11) is 0. The van der Waals surface area contributed by atoms with Crippen LogP contribution in [0.3, 0.4) is 0 Å². The fraction of sp³-hybridized carbons (Fsp3) is 0.652. The highest BCUT2D eigenvalue weighted by Crippen LogP contribution is 2.20. The number of anilines is 1. The largest absolute Gasteiger partial charge is 0.372 e. The van der Waals surface area contributed by atoms with Crippen molar-refractivity contribution in [2.24, 2.45) is 0 Å². The summed E-state index contributed by atoms with van der Waals surface area (Å²) in [6.07, 6.45) is 4.57. The molecule has 1 saturated carbocycles. The van der Waals surface area contributed by atoms with Crippen LogP contribution in [0.15, 0.2) is 24.3 Å². The standard InChI is InChI=1S/C23H36N4O2/c1-4-6-13-25(5-2)21-11-7-19(8-12-21)23(29)27-16-14-26(15-17-27)18(3)22(28)24-20-9-10-20/h7-8,11-12,18,20H,4-6,9-10,13-17H2,1-3H3,(H,24,28). The maximum Gasteiger partial charge on any atom is 0.253 e. The molecule has 6 heteroatoms. The van der Waals surface area contributed by atoms with Crippen molar-refractivity contribution >= 4 is 17.5 Å². The van der Waals surface area contributed by atoms with Gasteiger partial charge < -0.3 is 15.1 Å². The van der Waals surface area contributed by atoms with Crippen molar-refractivity contribution in [2.45, 2.75) is 58.5 Å². The zero-order chi connectivity index (χ0) is 20.8. The van der Waals surface area contributed by atoms with Crippen molar-refractivity contribution in [3.63, 3.8) is 0 Å². The molecule has 1 unspecified atom stereocenters. The van der Waals surface area contributed by atoms with Gasteiger partial charge in [-0.15, -0.1) is 0 Å². The first kappa shape index (κ1) is 21.6. The van der Waals surface area contributed by atoms with Crippen molar-refractivity contribution in [3.05, 3.63) is 29.8 Å². The Morgan fingerprint density at radius 2 is 1.76 bits per heavy atom. The zero-order valence-corrected chi connectivity index (χ0v) is 18.2. The topological polar surface area (TPSA) is 55.9 Å². The molecular formula is C23H36N4O2. The molecular weight excluding hydrogens is 364 g/mol. The highest BCUT2D eigenvalue weighted by atomic mass is 16.2. The molecule has 1 aliphatic carbocycles. The van der Waals surface area contributed by atoms with E-state index in [1.165, 1.54) is 18.5 Å². The molecule has 1 atom stereocenters. The number of hydrogen-bond donors (Lipinski definition) is 1. The first-order chi connectivity index (χ1) is 14.0. The third-order valence-electron chi connectivity index (χ3n) is 6.10. The van der Waals surface area contributed by atoms with Crippen LogP contribution in [0.4, 0.5) is 5.69 Å². The van der Waals surface area contributed by atoms with Crippen LogP contribution in [0.5, 0.6) is 0 Å². The molecule has 0 spiro atoms. The van der Waals surface area contributed by atoms with Gasteiger partial charge in [-0.3, -0.25) is 14.5 Å². The average molecular weight is 401 g/mol. The molecule has 2 fully saturated rings. The Hall–Kier alpha value is -2.08. The SMILES string of the molecule is CCCCN(CC)c1ccc(C(=O)N2CCN(C(C)C(=O)NC3CC3)CC2)cc1. The number of hydrogen-bond acceptors (Lipinski definition) is 4. The minimum atomic E-state index is -0.129. The van der Waals surface area contributed by atoms with Gasteiger partial charge in [-0.05, 0) is 57.4 Å². The quantitative estimate of drug-likeness (QED) is 0.693. The van der Waals surface area contributed by atoms with E-state index in [-0.39, 0.29) is 17.9 Å². The number of rotatable bonds is 9. The molecule has 0 radical (unpaired) electrons. The lowest BCUT2D eigenvalue weighted by molar-refractivity contribution is -0.126. The van der Waals surface area contributed by atoms with Crippen molar-refractivity contribution in [3.8, 4) is 0 Å². The molecule has 3 rings (SSSR count). The lowest BCUT2D eigenvalue weighted by atomic mass is 10.1. The Labute approximate surface area is 175 Å². The molecule has 1 N–H and O–H groups in total. The van der Waals surface area contributed by atoms with Gasteiger partial charge in [0, 0.05) is 56.6 Å². The molecule has 1 saturated heterocycles. The molecule has 6 nitrogen and oxygen atoms in total. The second kappa shape index (κ2) is 10.1. The third-order valence-corrected chi connectivity index (χ3v) is 6.10. The summed E-state index contributed by atoms with van der Waals surface area (Å²) < 4.78 is 0. The van der Waals surface area contributed by atoms with Crippen molar-refractivity contribution < 1.29 is 9.59 Å². The summed E-state index contributed by atoms with van der Waals surface area (Å²) in [6.45, 7) is 11.2. The van der Waals surface area contributed by atoms with E-state index in [2.05, 4.69) is 41.1 Å². The smallest absolute Gasteiger partial charge is 0.253 e. The van der Waals surface area contributed by atoms with E-state index >= 15 is 0 Å². The summed E-state index contributed by atoms with van der Waals surface area (Å²) in [5, 5.41) is 3.08. The third kappa shape index (κ3) is 5.72. The normalized spacial score (nSPS) is 18.4. The number of amides is 2. The molecule has 2 amide bonds. The van der Waals surface area contributed by atoms with E-state index in [1.54, 1.807) is 0 Å². The van der Waals surface area contributed by atoms with Crippen LogP contribution in [0, 0.1) is 0 Å². The first-order valence-electron chi connectivity index (χ1n) is 11.2. The van der Waals surface area contributed by atoms with Gasteiger partial charge in [-0.25, -0.2) is 0 Å². The molecule has 1 heterocycles. The number of carbonyl (C=O) groups is 2. The number of nitrogens with zero attached hydrogens (tertiary/aromatic N) is 3. The van der Waals surface area contributed by atoms with Gasteiger partial charge in [0.2, 0.25) is 5.91 Å². The summed E-state index contributed by atoms with van der Waals surface area (Å²) in [5.74, 6) is 0.203.